The number of urea groups is 1. The first-order valence-corrected chi connectivity index (χ1v) is 5.22. The van der Waals surface area contributed by atoms with Crippen molar-refractivity contribution >= 4 is 17.9 Å². The number of primary amides is 1. The molecule has 0 saturated carbocycles. The Balaban J connectivity index is 2.40. The lowest BCUT2D eigenvalue weighted by Gasteiger charge is -2.16. The molecule has 1 aliphatic rings. The molecule has 0 saturated heterocycles. The van der Waals surface area contributed by atoms with Gasteiger partial charge in [0.2, 0.25) is 5.91 Å². The van der Waals surface area contributed by atoms with Gasteiger partial charge in [0.1, 0.15) is 6.04 Å². The molecule has 0 aromatic rings. The monoisotopic (exact) mass is 241 g/mol. The second kappa shape index (κ2) is 5.88. The zero-order valence-electron chi connectivity index (χ0n) is 9.18. The van der Waals surface area contributed by atoms with Crippen molar-refractivity contribution < 1.29 is 19.5 Å². The first kappa shape index (κ1) is 13.0. The number of rotatable bonds is 5. The average Bonchev–Trinajstić information content (AvgIpc) is 2.68. The highest BCUT2D eigenvalue weighted by Gasteiger charge is 2.23. The third kappa shape index (κ3) is 4.54. The van der Waals surface area contributed by atoms with Crippen molar-refractivity contribution in [1.82, 2.24) is 10.6 Å². The van der Waals surface area contributed by atoms with Crippen LogP contribution in [0.1, 0.15) is 19.3 Å². The van der Waals surface area contributed by atoms with Crippen LogP contribution in [0.5, 0.6) is 0 Å². The Morgan fingerprint density at radius 1 is 1.35 bits per heavy atom. The molecule has 0 fully saturated rings. The van der Waals surface area contributed by atoms with E-state index in [1.165, 1.54) is 0 Å². The molecule has 7 heteroatoms. The van der Waals surface area contributed by atoms with E-state index < -0.39 is 30.4 Å². The lowest BCUT2D eigenvalue weighted by Crippen LogP contribution is -2.49. The van der Waals surface area contributed by atoms with Crippen LogP contribution in [0.15, 0.2) is 12.2 Å². The van der Waals surface area contributed by atoms with Crippen LogP contribution >= 0.6 is 0 Å². The normalized spacial score (nSPS) is 16.5. The molecule has 0 aromatic carbocycles. The summed E-state index contributed by atoms with van der Waals surface area (Å²) in [5.41, 5.74) is 4.89. The van der Waals surface area contributed by atoms with Crippen LogP contribution in [0.3, 0.4) is 0 Å². The van der Waals surface area contributed by atoms with Crippen LogP contribution in [0.2, 0.25) is 0 Å². The maximum Gasteiger partial charge on any atom is 0.326 e. The maximum absolute atomic E-state index is 11.4. The molecule has 0 spiro atoms. The fourth-order valence-electron chi connectivity index (χ4n) is 1.52. The molecule has 3 amide bonds. The summed E-state index contributed by atoms with van der Waals surface area (Å²) in [5.74, 6) is -2.07. The Kier molecular flexibility index (Phi) is 4.50. The van der Waals surface area contributed by atoms with Crippen LogP contribution in [0.4, 0.5) is 4.79 Å². The molecular formula is C10H15N3O4. The van der Waals surface area contributed by atoms with E-state index >= 15 is 0 Å². The van der Waals surface area contributed by atoms with E-state index in [9.17, 15) is 14.4 Å². The summed E-state index contributed by atoms with van der Waals surface area (Å²) in [4.78, 5) is 32.8. The summed E-state index contributed by atoms with van der Waals surface area (Å²) in [6.45, 7) is 0. The minimum atomic E-state index is -1.29. The number of carbonyl (C=O) groups excluding carboxylic acids is 2. The summed E-state index contributed by atoms with van der Waals surface area (Å²) in [6, 6.07) is -1.91. The van der Waals surface area contributed by atoms with E-state index in [1.54, 1.807) is 0 Å². The second-order valence-corrected chi connectivity index (χ2v) is 3.82. The van der Waals surface area contributed by atoms with Gasteiger partial charge in [-0.15, -0.1) is 0 Å². The molecule has 1 atom stereocenters. The molecule has 5 N–H and O–H groups in total. The molecule has 0 heterocycles. The lowest BCUT2D eigenvalue weighted by molar-refractivity contribution is -0.140. The predicted octanol–water partition coefficient (Wildman–Crippen LogP) is -0.667. The van der Waals surface area contributed by atoms with E-state index in [4.69, 9.17) is 10.8 Å². The molecule has 0 radical (unpaired) electrons. The number of carboxylic acid groups (broad SMARTS) is 1. The molecular weight excluding hydrogens is 226 g/mol. The van der Waals surface area contributed by atoms with Crippen LogP contribution in [-0.4, -0.2) is 35.1 Å². The van der Waals surface area contributed by atoms with Gasteiger partial charge in [-0.05, 0) is 12.8 Å². The number of hydrogen-bond donors (Lipinski definition) is 4. The second-order valence-electron chi connectivity index (χ2n) is 3.82. The highest BCUT2D eigenvalue weighted by Crippen LogP contribution is 2.08. The maximum atomic E-state index is 11.4. The van der Waals surface area contributed by atoms with Crippen molar-refractivity contribution in [3.63, 3.8) is 0 Å². The Bertz CT molecular complexity index is 345. The van der Waals surface area contributed by atoms with Crippen LogP contribution in [-0.2, 0) is 9.59 Å². The predicted molar refractivity (Wildman–Crippen MR) is 59.1 cm³/mol. The van der Waals surface area contributed by atoms with E-state index in [1.807, 2.05) is 12.2 Å². The number of amides is 3. The number of carbonyl (C=O) groups is 3. The van der Waals surface area contributed by atoms with E-state index in [2.05, 4.69) is 10.6 Å². The minimum Gasteiger partial charge on any atom is -0.480 e. The Morgan fingerprint density at radius 2 is 1.94 bits per heavy atom. The van der Waals surface area contributed by atoms with Gasteiger partial charge in [-0.25, -0.2) is 9.59 Å². The van der Waals surface area contributed by atoms with Crippen molar-refractivity contribution in [2.45, 2.75) is 31.3 Å². The van der Waals surface area contributed by atoms with E-state index in [0.717, 1.165) is 12.8 Å². The number of nitrogens with two attached hydrogens (primary N) is 1. The third-order valence-corrected chi connectivity index (χ3v) is 2.35. The Morgan fingerprint density at radius 3 is 2.41 bits per heavy atom. The number of aliphatic carboxylic acids is 1. The van der Waals surface area contributed by atoms with Crippen molar-refractivity contribution in [1.29, 1.82) is 0 Å². The lowest BCUT2D eigenvalue weighted by atomic mass is 10.2. The Hall–Kier alpha value is -2.05. The van der Waals surface area contributed by atoms with Crippen molar-refractivity contribution in [3.8, 4) is 0 Å². The highest BCUT2D eigenvalue weighted by molar-refractivity contribution is 5.87. The van der Waals surface area contributed by atoms with Gasteiger partial charge in [-0.1, -0.05) is 12.2 Å². The van der Waals surface area contributed by atoms with Crippen molar-refractivity contribution in [2.75, 3.05) is 0 Å². The topological polar surface area (TPSA) is 122 Å². The molecule has 1 rings (SSSR count). The largest absolute Gasteiger partial charge is 0.480 e. The van der Waals surface area contributed by atoms with E-state index in [0.29, 0.717) is 0 Å². The standard InChI is InChI=1S/C10H15N3O4/c11-8(14)5-7(9(15)16)13-10(17)12-6-3-1-2-4-6/h1-2,6-7H,3-5H2,(H2,11,14)(H,15,16)(H2,12,13,17)/t7-/m0/s1. The fraction of sp³-hybridized carbons (Fsp3) is 0.500. The van der Waals surface area contributed by atoms with Gasteiger partial charge in [0, 0.05) is 6.04 Å². The van der Waals surface area contributed by atoms with Crippen molar-refractivity contribution in [3.05, 3.63) is 12.2 Å². The van der Waals surface area contributed by atoms with Gasteiger partial charge in [-0.3, -0.25) is 4.79 Å². The van der Waals surface area contributed by atoms with Gasteiger partial charge in [0.05, 0.1) is 6.42 Å². The van der Waals surface area contributed by atoms with Gasteiger partial charge in [0.15, 0.2) is 0 Å². The van der Waals surface area contributed by atoms with Crippen LogP contribution in [0.25, 0.3) is 0 Å². The number of carboxylic acids is 1. The summed E-state index contributed by atoms with van der Waals surface area (Å²) in [5, 5.41) is 13.6. The molecule has 17 heavy (non-hydrogen) atoms. The van der Waals surface area contributed by atoms with Crippen LogP contribution in [0, 0.1) is 0 Å². The van der Waals surface area contributed by atoms with Gasteiger partial charge >= 0.3 is 12.0 Å². The molecule has 0 bridgehead atoms. The minimum absolute atomic E-state index is 0.0157. The molecule has 7 nitrogen and oxygen atoms in total. The molecule has 1 aliphatic carbocycles. The zero-order chi connectivity index (χ0) is 12.8. The first-order valence-electron chi connectivity index (χ1n) is 5.22. The average molecular weight is 241 g/mol. The number of hydrogen-bond acceptors (Lipinski definition) is 3. The van der Waals surface area contributed by atoms with Crippen molar-refractivity contribution in [2.24, 2.45) is 5.73 Å². The van der Waals surface area contributed by atoms with Crippen LogP contribution < -0.4 is 16.4 Å². The summed E-state index contributed by atoms with van der Waals surface area (Å²) >= 11 is 0. The SMILES string of the molecule is NC(=O)C[C@H](NC(=O)NC1CC=CC1)C(=O)O. The molecule has 94 valence electrons. The summed E-state index contributed by atoms with van der Waals surface area (Å²) in [6.07, 6.45) is 4.89. The van der Waals surface area contributed by atoms with Gasteiger partial charge in [0.25, 0.3) is 0 Å². The molecule has 0 unspecified atom stereocenters. The summed E-state index contributed by atoms with van der Waals surface area (Å²) in [7, 11) is 0. The molecule has 0 aromatic heterocycles. The fourth-order valence-corrected chi connectivity index (χ4v) is 1.52. The number of nitrogens with one attached hydrogen (secondary N) is 2. The highest BCUT2D eigenvalue weighted by atomic mass is 16.4. The van der Waals surface area contributed by atoms with E-state index in [-0.39, 0.29) is 6.04 Å². The molecule has 0 aliphatic heterocycles. The zero-order valence-corrected chi connectivity index (χ0v) is 9.18. The third-order valence-electron chi connectivity index (χ3n) is 2.35. The van der Waals surface area contributed by atoms with Gasteiger partial charge in [-0.2, -0.15) is 0 Å². The Labute approximate surface area is 98.0 Å². The van der Waals surface area contributed by atoms with Gasteiger partial charge < -0.3 is 21.5 Å². The smallest absolute Gasteiger partial charge is 0.326 e. The summed E-state index contributed by atoms with van der Waals surface area (Å²) < 4.78 is 0. The quantitative estimate of drug-likeness (QED) is 0.477. The first-order chi connectivity index (χ1) is 7.99.